The number of amides is 3. The van der Waals surface area contributed by atoms with Crippen molar-refractivity contribution in [3.63, 3.8) is 0 Å². The summed E-state index contributed by atoms with van der Waals surface area (Å²) >= 11 is 1.56. The fourth-order valence-electron chi connectivity index (χ4n) is 3.82. The Morgan fingerprint density at radius 3 is 2.24 bits per heavy atom. The summed E-state index contributed by atoms with van der Waals surface area (Å²) in [6.07, 6.45) is 4.43. The highest BCUT2D eigenvalue weighted by Crippen LogP contribution is 2.19. The van der Waals surface area contributed by atoms with E-state index < -0.39 is 54.5 Å². The van der Waals surface area contributed by atoms with Crippen LogP contribution in [-0.2, 0) is 25.6 Å². The second-order valence-electron chi connectivity index (χ2n) is 9.29. The molecule has 11 nitrogen and oxygen atoms in total. The Kier molecular flexibility index (Phi) is 11.9. The van der Waals surface area contributed by atoms with Crippen molar-refractivity contribution >= 4 is 46.4 Å². The van der Waals surface area contributed by atoms with Crippen molar-refractivity contribution in [1.29, 1.82) is 0 Å². The van der Waals surface area contributed by atoms with E-state index in [2.05, 4.69) is 20.9 Å². The van der Waals surface area contributed by atoms with Gasteiger partial charge >= 0.3 is 5.97 Å². The van der Waals surface area contributed by atoms with E-state index >= 15 is 0 Å². The lowest BCUT2D eigenvalue weighted by molar-refractivity contribution is -0.143. The van der Waals surface area contributed by atoms with Crippen LogP contribution in [0.4, 0.5) is 0 Å². The normalized spacial score (nSPS) is 14.5. The van der Waals surface area contributed by atoms with Gasteiger partial charge in [0.05, 0.1) is 12.6 Å². The molecular weight excluding hydrogens is 498 g/mol. The minimum atomic E-state index is -1.53. The number of aliphatic carboxylic acids is 1. The first-order valence-electron chi connectivity index (χ1n) is 12.1. The number of nitrogens with one attached hydrogen (secondary N) is 4. The number of benzene rings is 1. The molecule has 0 aliphatic heterocycles. The zero-order valence-corrected chi connectivity index (χ0v) is 22.1. The molecule has 0 aliphatic rings. The average molecular weight is 536 g/mol. The highest BCUT2D eigenvalue weighted by molar-refractivity contribution is 7.98. The summed E-state index contributed by atoms with van der Waals surface area (Å²) in [5.74, 6) is -2.49. The van der Waals surface area contributed by atoms with E-state index in [4.69, 9.17) is 5.73 Å². The monoisotopic (exact) mass is 535 g/mol. The van der Waals surface area contributed by atoms with E-state index in [0.29, 0.717) is 18.6 Å². The van der Waals surface area contributed by atoms with Crippen LogP contribution in [0.1, 0.15) is 32.3 Å². The van der Waals surface area contributed by atoms with E-state index in [1.807, 2.05) is 44.4 Å². The Balaban J connectivity index is 2.27. The van der Waals surface area contributed by atoms with Gasteiger partial charge in [0, 0.05) is 23.5 Å². The number of fused-ring (bicyclic) bond motifs is 1. The number of aromatic amines is 1. The van der Waals surface area contributed by atoms with Gasteiger partial charge in [-0.2, -0.15) is 11.8 Å². The Labute approximate surface area is 220 Å². The van der Waals surface area contributed by atoms with Crippen LogP contribution >= 0.6 is 11.8 Å². The van der Waals surface area contributed by atoms with Crippen molar-refractivity contribution in [3.8, 4) is 0 Å². The summed E-state index contributed by atoms with van der Waals surface area (Å²) in [5.41, 5.74) is 7.54. The molecule has 2 aromatic rings. The number of aromatic nitrogens is 1. The van der Waals surface area contributed by atoms with Gasteiger partial charge in [-0.25, -0.2) is 4.79 Å². The highest BCUT2D eigenvalue weighted by atomic mass is 32.2. The molecule has 4 unspecified atom stereocenters. The molecule has 2 rings (SSSR count). The van der Waals surface area contributed by atoms with Crippen LogP contribution in [0.2, 0.25) is 0 Å². The zero-order valence-electron chi connectivity index (χ0n) is 21.3. The highest BCUT2D eigenvalue weighted by Gasteiger charge is 2.31. The molecule has 0 spiro atoms. The summed E-state index contributed by atoms with van der Waals surface area (Å²) < 4.78 is 0. The molecule has 37 heavy (non-hydrogen) atoms. The molecular formula is C25H37N5O6S. The number of carboxylic acid groups (broad SMARTS) is 1. The van der Waals surface area contributed by atoms with Crippen molar-refractivity contribution in [2.24, 2.45) is 11.7 Å². The number of hydrogen-bond acceptors (Lipinski definition) is 7. The van der Waals surface area contributed by atoms with Crippen molar-refractivity contribution < 1.29 is 29.4 Å². The minimum Gasteiger partial charge on any atom is -0.480 e. The van der Waals surface area contributed by atoms with Gasteiger partial charge in [-0.15, -0.1) is 0 Å². The lowest BCUT2D eigenvalue weighted by atomic mass is 10.00. The molecule has 0 bridgehead atoms. The maximum atomic E-state index is 13.3. The first kappa shape index (κ1) is 30.1. The number of carbonyl (C=O) groups is 4. The van der Waals surface area contributed by atoms with Crippen LogP contribution in [0.3, 0.4) is 0 Å². The number of carbonyl (C=O) groups excluding carboxylic acids is 3. The third-order valence-electron chi connectivity index (χ3n) is 5.84. The van der Waals surface area contributed by atoms with Crippen molar-refractivity contribution in [2.45, 2.75) is 57.3 Å². The fourth-order valence-corrected chi connectivity index (χ4v) is 4.31. The van der Waals surface area contributed by atoms with Crippen LogP contribution in [0, 0.1) is 5.92 Å². The molecule has 1 heterocycles. The maximum Gasteiger partial charge on any atom is 0.328 e. The number of nitrogens with two attached hydrogens (primary N) is 1. The molecule has 1 aromatic carbocycles. The summed E-state index contributed by atoms with van der Waals surface area (Å²) in [5, 5.41) is 27.1. The third kappa shape index (κ3) is 9.06. The first-order valence-corrected chi connectivity index (χ1v) is 13.5. The molecule has 0 radical (unpaired) electrons. The molecule has 12 heteroatoms. The van der Waals surface area contributed by atoms with Crippen LogP contribution in [-0.4, -0.2) is 81.7 Å². The first-order chi connectivity index (χ1) is 17.6. The molecule has 0 fully saturated rings. The van der Waals surface area contributed by atoms with E-state index in [-0.39, 0.29) is 12.3 Å². The predicted molar refractivity (Wildman–Crippen MR) is 143 cm³/mol. The molecule has 4 atom stereocenters. The van der Waals surface area contributed by atoms with Crippen LogP contribution < -0.4 is 21.7 Å². The number of thioether (sulfide) groups is 1. The summed E-state index contributed by atoms with van der Waals surface area (Å²) in [4.78, 5) is 53.5. The van der Waals surface area contributed by atoms with Crippen LogP contribution in [0.25, 0.3) is 10.9 Å². The van der Waals surface area contributed by atoms with Crippen molar-refractivity contribution in [2.75, 3.05) is 18.6 Å². The van der Waals surface area contributed by atoms with E-state index in [0.717, 1.165) is 16.5 Å². The molecule has 3 amide bonds. The van der Waals surface area contributed by atoms with E-state index in [9.17, 15) is 29.4 Å². The van der Waals surface area contributed by atoms with Crippen LogP contribution in [0.5, 0.6) is 0 Å². The SMILES string of the molecule is CSCCC(N)C(=O)NC(CC(C)C)C(=O)NC(Cc1c[nH]c2ccccc12)C(=O)NC(CO)C(=O)O. The molecule has 204 valence electrons. The lowest BCUT2D eigenvalue weighted by Crippen LogP contribution is -2.58. The number of carboxylic acids is 1. The fraction of sp³-hybridized carbons (Fsp3) is 0.520. The van der Waals surface area contributed by atoms with E-state index in [1.54, 1.807) is 18.0 Å². The predicted octanol–water partition coefficient (Wildman–Crippen LogP) is 0.368. The Morgan fingerprint density at radius 2 is 1.62 bits per heavy atom. The number of hydrogen-bond donors (Lipinski definition) is 7. The van der Waals surface area contributed by atoms with Gasteiger partial charge < -0.3 is 36.9 Å². The topological polar surface area (TPSA) is 187 Å². The summed E-state index contributed by atoms with van der Waals surface area (Å²) in [6.45, 7) is 2.98. The largest absolute Gasteiger partial charge is 0.480 e. The number of rotatable bonds is 15. The summed E-state index contributed by atoms with van der Waals surface area (Å²) in [6, 6.07) is 3.01. The molecule has 0 saturated heterocycles. The third-order valence-corrected chi connectivity index (χ3v) is 6.48. The number of H-pyrrole nitrogens is 1. The zero-order chi connectivity index (χ0) is 27.5. The van der Waals surface area contributed by atoms with E-state index in [1.165, 1.54) is 0 Å². The Hall–Kier alpha value is -3.09. The van der Waals surface area contributed by atoms with Gasteiger partial charge in [0.15, 0.2) is 0 Å². The molecule has 0 saturated carbocycles. The Morgan fingerprint density at radius 1 is 1.00 bits per heavy atom. The second-order valence-corrected chi connectivity index (χ2v) is 10.3. The smallest absolute Gasteiger partial charge is 0.328 e. The maximum absolute atomic E-state index is 13.3. The van der Waals surface area contributed by atoms with Gasteiger partial charge in [0.2, 0.25) is 17.7 Å². The van der Waals surface area contributed by atoms with Gasteiger partial charge in [0.1, 0.15) is 18.1 Å². The van der Waals surface area contributed by atoms with Crippen molar-refractivity contribution in [1.82, 2.24) is 20.9 Å². The Bertz CT molecular complexity index is 1070. The molecule has 1 aromatic heterocycles. The number of aliphatic hydroxyl groups is 1. The second kappa shape index (κ2) is 14.6. The summed E-state index contributed by atoms with van der Waals surface area (Å²) in [7, 11) is 0. The van der Waals surface area contributed by atoms with Gasteiger partial charge in [-0.1, -0.05) is 32.0 Å². The van der Waals surface area contributed by atoms with Gasteiger partial charge in [-0.05, 0) is 42.4 Å². The standard InChI is InChI=1S/C25H37N5O6S/c1-14(2)10-19(28-22(32)17(26)8-9-37-3)23(33)29-20(24(34)30-21(13-31)25(35)36)11-15-12-27-18-7-5-4-6-16(15)18/h4-7,12,14,17,19-21,27,31H,8-11,13,26H2,1-3H3,(H,28,32)(H,29,33)(H,30,34)(H,35,36). The molecule has 0 aliphatic carbocycles. The lowest BCUT2D eigenvalue weighted by Gasteiger charge is -2.26. The average Bonchev–Trinajstić information content (AvgIpc) is 3.26. The van der Waals surface area contributed by atoms with Gasteiger partial charge in [-0.3, -0.25) is 14.4 Å². The number of para-hydroxylation sites is 1. The quantitative estimate of drug-likeness (QED) is 0.170. The minimum absolute atomic E-state index is 0.0464. The number of aliphatic hydroxyl groups excluding tert-OH is 1. The van der Waals surface area contributed by atoms with Crippen LogP contribution in [0.15, 0.2) is 30.5 Å². The van der Waals surface area contributed by atoms with Crippen molar-refractivity contribution in [3.05, 3.63) is 36.0 Å². The molecule has 8 N–H and O–H groups in total. The van der Waals surface area contributed by atoms with Gasteiger partial charge in [0.25, 0.3) is 0 Å².